The molecule has 9 heteroatoms. The van der Waals surface area contributed by atoms with Crippen LogP contribution in [0.3, 0.4) is 0 Å². The highest BCUT2D eigenvalue weighted by Gasteiger charge is 2.68. The van der Waals surface area contributed by atoms with Crippen LogP contribution < -0.4 is 5.32 Å². The molecule has 1 aliphatic heterocycles. The van der Waals surface area contributed by atoms with Crippen molar-refractivity contribution in [2.75, 3.05) is 6.61 Å². The Kier molecular flexibility index (Phi) is 8.85. The molecule has 0 spiro atoms. The van der Waals surface area contributed by atoms with Gasteiger partial charge in [0.25, 0.3) is 0 Å². The van der Waals surface area contributed by atoms with Crippen LogP contribution in [0.15, 0.2) is 11.6 Å². The molecular formula is C38H61NO8. The van der Waals surface area contributed by atoms with E-state index in [-0.39, 0.29) is 50.9 Å². The Morgan fingerprint density at radius 2 is 1.66 bits per heavy atom. The summed E-state index contributed by atoms with van der Waals surface area (Å²) in [7, 11) is 0. The number of fused-ring (bicyclic) bond motifs is 7. The lowest BCUT2D eigenvalue weighted by atomic mass is 9.34. The molecule has 0 aromatic carbocycles. The number of ether oxygens (including phenoxy) is 2. The van der Waals surface area contributed by atoms with E-state index < -0.39 is 43.2 Å². The van der Waals surface area contributed by atoms with E-state index in [0.717, 1.165) is 57.8 Å². The summed E-state index contributed by atoms with van der Waals surface area (Å²) in [5.41, 5.74) is 1.55. The standard InChI is InChI=1S/C38H61NO8/c1-20(41)39-29-31(43)30(42)25(19-40)46-33(29)47-28-13-14-36(6)26(35(28,4)5)12-16-38(8)27(36)10-9-24-22-17-34(2,3)18-23(32(44)45)21(22)11-15-37(24,38)7/h9,21-23,25-31,33,40,42-43H,10-19H2,1-8H3,(H,39,41)(H,44,45). The number of hydrogen-bond acceptors (Lipinski definition) is 7. The van der Waals surface area contributed by atoms with E-state index in [9.17, 15) is 30.0 Å². The molecule has 1 saturated heterocycles. The number of hydrogen-bond donors (Lipinski definition) is 5. The second-order valence-electron chi connectivity index (χ2n) is 18.5. The Balaban J connectivity index is 1.27. The molecule has 5 fully saturated rings. The van der Waals surface area contributed by atoms with Crippen molar-refractivity contribution >= 4 is 11.9 Å². The Labute approximate surface area is 281 Å². The lowest BCUT2D eigenvalue weighted by molar-refractivity contribution is -0.306. The minimum absolute atomic E-state index is 0.0133. The second kappa shape index (κ2) is 11.8. The molecule has 0 bridgehead atoms. The van der Waals surface area contributed by atoms with Gasteiger partial charge >= 0.3 is 5.97 Å². The lowest BCUT2D eigenvalue weighted by Crippen LogP contribution is -2.67. The number of rotatable bonds is 5. The molecule has 5 aliphatic carbocycles. The van der Waals surface area contributed by atoms with E-state index in [1.54, 1.807) is 5.57 Å². The molecule has 1 heterocycles. The van der Waals surface area contributed by atoms with E-state index in [4.69, 9.17) is 9.47 Å². The molecule has 4 saturated carbocycles. The van der Waals surface area contributed by atoms with Crippen LogP contribution in [-0.4, -0.2) is 75.7 Å². The molecule has 6 aliphatic rings. The first-order valence-electron chi connectivity index (χ1n) is 18.3. The number of allylic oxidation sites excluding steroid dienone is 2. The Hall–Kier alpha value is -1.52. The van der Waals surface area contributed by atoms with Crippen LogP contribution in [0.2, 0.25) is 0 Å². The van der Waals surface area contributed by atoms with E-state index in [0.29, 0.717) is 17.8 Å². The van der Waals surface area contributed by atoms with Crippen LogP contribution in [-0.2, 0) is 19.1 Å². The SMILES string of the molecule is CC(=O)NC1C(OC2CCC3(C)C(CCC4(C)C3CC=C3C5CC(C)(C)CC(C(=O)O)C5CCC34C)C2(C)C)OC(CO)C(O)C1O. The predicted molar refractivity (Wildman–Crippen MR) is 177 cm³/mol. The summed E-state index contributed by atoms with van der Waals surface area (Å²) in [5.74, 6) is 0.187. The second-order valence-corrected chi connectivity index (χ2v) is 18.5. The van der Waals surface area contributed by atoms with Gasteiger partial charge in [0.05, 0.1) is 18.6 Å². The zero-order valence-electron chi connectivity index (χ0n) is 29.9. The first-order valence-corrected chi connectivity index (χ1v) is 18.3. The number of carbonyl (C=O) groups is 2. The van der Waals surface area contributed by atoms with Crippen LogP contribution >= 0.6 is 0 Å². The number of amides is 1. The number of nitrogens with one attached hydrogen (secondary N) is 1. The van der Waals surface area contributed by atoms with Crippen LogP contribution in [0.4, 0.5) is 0 Å². The molecular weight excluding hydrogens is 598 g/mol. The van der Waals surface area contributed by atoms with E-state index >= 15 is 0 Å². The lowest BCUT2D eigenvalue weighted by Gasteiger charge is -2.71. The number of carbonyl (C=O) groups excluding carboxylic acids is 1. The molecule has 266 valence electrons. The fourth-order valence-electron chi connectivity index (χ4n) is 12.8. The molecule has 9 nitrogen and oxygen atoms in total. The van der Waals surface area contributed by atoms with Gasteiger partial charge in [-0.15, -0.1) is 0 Å². The highest BCUT2D eigenvalue weighted by atomic mass is 16.7. The van der Waals surface area contributed by atoms with Crippen molar-refractivity contribution in [3.8, 4) is 0 Å². The van der Waals surface area contributed by atoms with Gasteiger partial charge in [-0.05, 0) is 109 Å². The third kappa shape index (κ3) is 5.35. The van der Waals surface area contributed by atoms with Crippen molar-refractivity contribution in [3.05, 3.63) is 11.6 Å². The van der Waals surface area contributed by atoms with Gasteiger partial charge < -0.3 is 35.2 Å². The highest BCUT2D eigenvalue weighted by Crippen LogP contribution is 2.75. The number of aliphatic carboxylic acids is 1. The van der Waals surface area contributed by atoms with E-state index in [1.807, 2.05) is 0 Å². The van der Waals surface area contributed by atoms with Gasteiger partial charge in [0.1, 0.15) is 24.4 Å². The first-order chi connectivity index (χ1) is 21.8. The number of aliphatic hydroxyl groups is 3. The number of carboxylic acid groups (broad SMARTS) is 1. The third-order valence-electron chi connectivity index (χ3n) is 15.3. The molecule has 0 radical (unpaired) electrons. The van der Waals surface area contributed by atoms with Crippen molar-refractivity contribution in [1.82, 2.24) is 5.32 Å². The zero-order valence-corrected chi connectivity index (χ0v) is 29.9. The Morgan fingerprint density at radius 1 is 0.957 bits per heavy atom. The normalized spacial score (nSPS) is 50.1. The molecule has 0 aromatic rings. The number of carboxylic acids is 1. The van der Waals surface area contributed by atoms with Crippen molar-refractivity contribution in [1.29, 1.82) is 0 Å². The smallest absolute Gasteiger partial charge is 0.306 e. The van der Waals surface area contributed by atoms with Crippen molar-refractivity contribution in [3.63, 3.8) is 0 Å². The molecule has 5 N–H and O–H groups in total. The molecule has 1 amide bonds. The molecule has 0 aromatic heterocycles. The monoisotopic (exact) mass is 659 g/mol. The van der Waals surface area contributed by atoms with Gasteiger partial charge in [0.2, 0.25) is 5.91 Å². The summed E-state index contributed by atoms with van der Waals surface area (Å²) in [6.45, 7) is 17.6. The van der Waals surface area contributed by atoms with Gasteiger partial charge in [-0.3, -0.25) is 9.59 Å². The maximum absolute atomic E-state index is 12.5. The average Bonchev–Trinajstić information content (AvgIpc) is 2.97. The first kappa shape index (κ1) is 35.3. The van der Waals surface area contributed by atoms with Gasteiger partial charge in [-0.2, -0.15) is 0 Å². The largest absolute Gasteiger partial charge is 0.481 e. The molecule has 14 atom stereocenters. The number of aliphatic hydroxyl groups excluding tert-OH is 3. The summed E-state index contributed by atoms with van der Waals surface area (Å²) < 4.78 is 12.7. The summed E-state index contributed by atoms with van der Waals surface area (Å²) in [6.07, 6.45) is 6.55. The zero-order chi connectivity index (χ0) is 34.5. The van der Waals surface area contributed by atoms with Gasteiger partial charge in [-0.25, -0.2) is 0 Å². The minimum Gasteiger partial charge on any atom is -0.481 e. The summed E-state index contributed by atoms with van der Waals surface area (Å²) in [6, 6.07) is -0.952. The van der Waals surface area contributed by atoms with Crippen LogP contribution in [0.1, 0.15) is 113 Å². The summed E-state index contributed by atoms with van der Waals surface area (Å²) in [4.78, 5) is 24.5. The van der Waals surface area contributed by atoms with Crippen LogP contribution in [0, 0.1) is 56.7 Å². The predicted octanol–water partition coefficient (Wildman–Crippen LogP) is 5.06. The average molecular weight is 660 g/mol. The minimum atomic E-state index is -1.34. The van der Waals surface area contributed by atoms with Crippen LogP contribution in [0.5, 0.6) is 0 Å². The van der Waals surface area contributed by atoms with Gasteiger partial charge in [0.15, 0.2) is 6.29 Å². The summed E-state index contributed by atoms with van der Waals surface area (Å²) >= 11 is 0. The highest BCUT2D eigenvalue weighted by molar-refractivity contribution is 5.73. The molecule has 47 heavy (non-hydrogen) atoms. The fraction of sp³-hybridized carbons (Fsp3) is 0.895. The van der Waals surface area contributed by atoms with E-state index in [2.05, 4.69) is 59.9 Å². The topological polar surface area (TPSA) is 146 Å². The molecule has 14 unspecified atom stereocenters. The Bertz CT molecular complexity index is 1280. The Morgan fingerprint density at radius 3 is 2.30 bits per heavy atom. The van der Waals surface area contributed by atoms with E-state index in [1.165, 1.54) is 6.92 Å². The third-order valence-corrected chi connectivity index (χ3v) is 15.3. The van der Waals surface area contributed by atoms with Gasteiger partial charge in [0, 0.05) is 6.92 Å². The van der Waals surface area contributed by atoms with Gasteiger partial charge in [-0.1, -0.05) is 60.1 Å². The molecule has 6 rings (SSSR count). The van der Waals surface area contributed by atoms with Crippen molar-refractivity contribution < 1.29 is 39.5 Å². The van der Waals surface area contributed by atoms with Crippen LogP contribution in [0.25, 0.3) is 0 Å². The fourth-order valence-corrected chi connectivity index (χ4v) is 12.8. The van der Waals surface area contributed by atoms with Crippen molar-refractivity contribution in [2.45, 2.75) is 150 Å². The maximum Gasteiger partial charge on any atom is 0.306 e. The maximum atomic E-state index is 12.5. The quantitative estimate of drug-likeness (QED) is 0.204. The van der Waals surface area contributed by atoms with Crippen molar-refractivity contribution in [2.24, 2.45) is 56.7 Å². The summed E-state index contributed by atoms with van der Waals surface area (Å²) in [5, 5.41) is 44.3.